The summed E-state index contributed by atoms with van der Waals surface area (Å²) >= 11 is 0. The van der Waals surface area contributed by atoms with Gasteiger partial charge in [0.05, 0.1) is 11.2 Å². The van der Waals surface area contributed by atoms with Crippen molar-refractivity contribution >= 4 is 24.6 Å². The van der Waals surface area contributed by atoms with Crippen molar-refractivity contribution in [1.82, 2.24) is 10.2 Å². The highest BCUT2D eigenvalue weighted by Crippen LogP contribution is 2.36. The van der Waals surface area contributed by atoms with Gasteiger partial charge in [-0.15, -0.1) is 0 Å². The van der Waals surface area contributed by atoms with Crippen molar-refractivity contribution < 1.29 is 23.6 Å². The molecular formula is C21H33BN2O5. The van der Waals surface area contributed by atoms with Crippen LogP contribution in [0.5, 0.6) is 0 Å². The lowest BCUT2D eigenvalue weighted by atomic mass is 9.78. The lowest BCUT2D eigenvalue weighted by Crippen LogP contribution is -2.41. The highest BCUT2D eigenvalue weighted by Gasteiger charge is 2.51. The van der Waals surface area contributed by atoms with Gasteiger partial charge in [0.25, 0.3) is 0 Å². The van der Waals surface area contributed by atoms with Crippen molar-refractivity contribution in [2.75, 3.05) is 13.6 Å². The number of carbonyl (C=O) groups excluding carboxylic acids is 2. The summed E-state index contributed by atoms with van der Waals surface area (Å²) in [5, 5.41) is 2.49. The third kappa shape index (κ3) is 6.21. The molecule has 1 aromatic rings. The number of hydrogen-bond donors (Lipinski definition) is 1. The zero-order valence-electron chi connectivity index (χ0n) is 18.8. The largest absolute Gasteiger partial charge is 0.494 e. The summed E-state index contributed by atoms with van der Waals surface area (Å²) in [6.07, 6.45) is -0.609. The fraction of sp³-hybridized carbons (Fsp3) is 0.619. The molecule has 1 N–H and O–H groups in total. The summed E-state index contributed by atoms with van der Waals surface area (Å²) < 4.78 is 17.3. The molecule has 1 aliphatic rings. The lowest BCUT2D eigenvalue weighted by Gasteiger charge is -2.32. The maximum Gasteiger partial charge on any atom is 0.494 e. The SMILES string of the molecule is CN(Cc1cccc(B2OC(C)(C)C(C)(C)O2)c1)C(=O)CNC(=O)OC(C)(C)C. The molecule has 1 aromatic carbocycles. The number of nitrogens with zero attached hydrogens (tertiary/aromatic N) is 1. The molecule has 160 valence electrons. The molecule has 0 bridgehead atoms. The first-order chi connectivity index (χ1) is 13.2. The van der Waals surface area contributed by atoms with Gasteiger partial charge in [0.2, 0.25) is 5.91 Å². The smallest absolute Gasteiger partial charge is 0.444 e. The fourth-order valence-corrected chi connectivity index (χ4v) is 2.78. The molecule has 1 fully saturated rings. The second-order valence-corrected chi connectivity index (χ2v) is 9.44. The highest BCUT2D eigenvalue weighted by molar-refractivity contribution is 6.62. The maximum absolute atomic E-state index is 12.3. The van der Waals surface area contributed by atoms with Gasteiger partial charge < -0.3 is 24.3 Å². The van der Waals surface area contributed by atoms with Gasteiger partial charge in [-0.1, -0.05) is 24.3 Å². The van der Waals surface area contributed by atoms with E-state index in [0.29, 0.717) is 6.54 Å². The minimum Gasteiger partial charge on any atom is -0.444 e. The Morgan fingerprint density at radius 1 is 1.14 bits per heavy atom. The first-order valence-electron chi connectivity index (χ1n) is 9.85. The van der Waals surface area contributed by atoms with E-state index in [2.05, 4.69) is 5.32 Å². The molecule has 2 rings (SSSR count). The molecule has 0 aliphatic carbocycles. The number of carbonyl (C=O) groups is 2. The zero-order chi connectivity index (χ0) is 22.0. The number of alkyl carbamates (subject to hydrolysis) is 1. The van der Waals surface area contributed by atoms with Crippen LogP contribution in [0.4, 0.5) is 4.79 Å². The maximum atomic E-state index is 12.3. The molecule has 2 amide bonds. The minimum atomic E-state index is -0.609. The number of amides is 2. The normalized spacial score (nSPS) is 17.7. The molecule has 0 radical (unpaired) electrons. The standard InChI is InChI=1S/C21H33BN2O5/c1-19(2,3)27-18(26)23-13-17(25)24(8)14-15-10-9-11-16(12-15)22-28-20(4,5)21(6,7)29-22/h9-12H,13-14H2,1-8H3,(H,23,26). The molecule has 0 atom stereocenters. The van der Waals surface area contributed by atoms with Crippen LogP contribution in [-0.4, -0.2) is 54.4 Å². The van der Waals surface area contributed by atoms with Crippen LogP contribution in [0.15, 0.2) is 24.3 Å². The lowest BCUT2D eigenvalue weighted by molar-refractivity contribution is -0.129. The molecule has 8 heteroatoms. The summed E-state index contributed by atoms with van der Waals surface area (Å²) in [6, 6.07) is 7.80. The van der Waals surface area contributed by atoms with Gasteiger partial charge >= 0.3 is 13.2 Å². The number of nitrogens with one attached hydrogen (secondary N) is 1. The van der Waals surface area contributed by atoms with Gasteiger partial charge in [0.1, 0.15) is 12.1 Å². The van der Waals surface area contributed by atoms with E-state index < -0.39 is 30.0 Å². The Hall–Kier alpha value is -2.06. The first-order valence-corrected chi connectivity index (χ1v) is 9.85. The molecule has 0 spiro atoms. The van der Waals surface area contributed by atoms with Crippen LogP contribution >= 0.6 is 0 Å². The molecule has 7 nitrogen and oxygen atoms in total. The van der Waals surface area contributed by atoms with Crippen molar-refractivity contribution in [3.05, 3.63) is 29.8 Å². The predicted octanol–water partition coefficient (Wildman–Crippen LogP) is 2.47. The van der Waals surface area contributed by atoms with E-state index in [1.54, 1.807) is 32.7 Å². The van der Waals surface area contributed by atoms with E-state index in [1.165, 1.54) is 0 Å². The van der Waals surface area contributed by atoms with Gasteiger partial charge in [-0.2, -0.15) is 0 Å². The zero-order valence-corrected chi connectivity index (χ0v) is 18.8. The molecule has 1 saturated heterocycles. The quantitative estimate of drug-likeness (QED) is 0.763. The van der Waals surface area contributed by atoms with Crippen molar-refractivity contribution in [2.45, 2.75) is 71.8 Å². The Morgan fingerprint density at radius 2 is 1.72 bits per heavy atom. The van der Waals surface area contributed by atoms with Crippen LogP contribution in [-0.2, 0) is 25.4 Å². The third-order valence-corrected chi connectivity index (χ3v) is 5.10. The molecule has 29 heavy (non-hydrogen) atoms. The van der Waals surface area contributed by atoms with Crippen molar-refractivity contribution in [1.29, 1.82) is 0 Å². The number of rotatable bonds is 5. The van der Waals surface area contributed by atoms with Crippen LogP contribution in [0.3, 0.4) is 0 Å². The summed E-state index contributed by atoms with van der Waals surface area (Å²) in [5.74, 6) is -0.211. The van der Waals surface area contributed by atoms with E-state index in [9.17, 15) is 9.59 Å². The van der Waals surface area contributed by atoms with E-state index >= 15 is 0 Å². The van der Waals surface area contributed by atoms with Crippen LogP contribution < -0.4 is 10.8 Å². The summed E-state index contributed by atoms with van der Waals surface area (Å²) in [5.41, 5.74) is 0.438. The second kappa shape index (κ2) is 8.36. The highest BCUT2D eigenvalue weighted by atomic mass is 16.7. The van der Waals surface area contributed by atoms with E-state index in [-0.39, 0.29) is 12.5 Å². The van der Waals surface area contributed by atoms with Crippen molar-refractivity contribution in [3.63, 3.8) is 0 Å². The van der Waals surface area contributed by atoms with Gasteiger partial charge in [-0.3, -0.25) is 4.79 Å². The Kier molecular flexibility index (Phi) is 6.70. The van der Waals surface area contributed by atoms with Crippen LogP contribution in [0.2, 0.25) is 0 Å². The second-order valence-electron chi connectivity index (χ2n) is 9.44. The topological polar surface area (TPSA) is 77.1 Å². The third-order valence-electron chi connectivity index (χ3n) is 5.10. The van der Waals surface area contributed by atoms with Crippen LogP contribution in [0.1, 0.15) is 54.0 Å². The number of ether oxygens (including phenoxy) is 1. The molecule has 1 heterocycles. The van der Waals surface area contributed by atoms with E-state index in [4.69, 9.17) is 14.0 Å². The minimum absolute atomic E-state index is 0.123. The van der Waals surface area contributed by atoms with E-state index in [1.807, 2.05) is 52.0 Å². The Labute approximate surface area is 174 Å². The first kappa shape index (κ1) is 23.2. The molecule has 0 aromatic heterocycles. The number of hydrogen-bond acceptors (Lipinski definition) is 5. The molecule has 0 unspecified atom stereocenters. The van der Waals surface area contributed by atoms with Crippen LogP contribution in [0, 0.1) is 0 Å². The van der Waals surface area contributed by atoms with Crippen molar-refractivity contribution in [3.8, 4) is 0 Å². The molecule has 1 aliphatic heterocycles. The van der Waals surface area contributed by atoms with Gasteiger partial charge in [0.15, 0.2) is 0 Å². The molecule has 0 saturated carbocycles. The molecular weight excluding hydrogens is 371 g/mol. The summed E-state index contributed by atoms with van der Waals surface area (Å²) in [7, 11) is 1.25. The Morgan fingerprint density at radius 3 is 2.28 bits per heavy atom. The van der Waals surface area contributed by atoms with Crippen LogP contribution in [0.25, 0.3) is 0 Å². The van der Waals surface area contributed by atoms with Gasteiger partial charge in [0, 0.05) is 13.6 Å². The average molecular weight is 404 g/mol. The summed E-state index contributed by atoms with van der Waals surface area (Å²) in [4.78, 5) is 25.6. The number of benzene rings is 1. The number of likely N-dealkylation sites (N-methyl/N-ethyl adjacent to an activating group) is 1. The summed E-state index contributed by atoms with van der Waals surface area (Å²) in [6.45, 7) is 13.7. The van der Waals surface area contributed by atoms with Crippen molar-refractivity contribution in [2.24, 2.45) is 0 Å². The van der Waals surface area contributed by atoms with E-state index in [0.717, 1.165) is 11.0 Å². The fourth-order valence-electron chi connectivity index (χ4n) is 2.78. The predicted molar refractivity (Wildman–Crippen MR) is 113 cm³/mol. The monoisotopic (exact) mass is 404 g/mol. The Bertz CT molecular complexity index is 742. The van der Waals surface area contributed by atoms with Gasteiger partial charge in [-0.05, 0) is 59.5 Å². The Balaban J connectivity index is 1.94. The van der Waals surface area contributed by atoms with Gasteiger partial charge in [-0.25, -0.2) is 4.79 Å². The average Bonchev–Trinajstić information content (AvgIpc) is 2.79.